The summed E-state index contributed by atoms with van der Waals surface area (Å²) in [5.41, 5.74) is 8.71. The molecule has 2 heterocycles. The largest absolute Gasteiger partial charge is 0.493 e. The first-order chi connectivity index (χ1) is 15.1. The minimum Gasteiger partial charge on any atom is -0.493 e. The van der Waals surface area contributed by atoms with Crippen molar-refractivity contribution in [3.05, 3.63) is 59.4 Å². The zero-order chi connectivity index (χ0) is 21.8. The van der Waals surface area contributed by atoms with E-state index in [4.69, 9.17) is 15.2 Å². The lowest BCUT2D eigenvalue weighted by Crippen LogP contribution is -2.06. The van der Waals surface area contributed by atoms with E-state index in [2.05, 4.69) is 26.3 Å². The predicted octanol–water partition coefficient (Wildman–Crippen LogP) is 3.98. The Labute approximate surface area is 180 Å². The first-order valence-electron chi connectivity index (χ1n) is 9.98. The minimum absolute atomic E-state index is 0.0146. The molecule has 8 heteroatoms. The second kappa shape index (κ2) is 8.71. The van der Waals surface area contributed by atoms with Crippen molar-refractivity contribution in [2.75, 3.05) is 17.7 Å². The maximum absolute atomic E-state index is 9.82. The number of nitriles is 1. The van der Waals surface area contributed by atoms with Crippen molar-refractivity contribution < 1.29 is 9.47 Å². The van der Waals surface area contributed by atoms with Crippen LogP contribution >= 0.6 is 0 Å². The van der Waals surface area contributed by atoms with Crippen LogP contribution in [-0.2, 0) is 6.42 Å². The van der Waals surface area contributed by atoms with Gasteiger partial charge in [-0.2, -0.15) is 20.2 Å². The van der Waals surface area contributed by atoms with Gasteiger partial charge < -0.3 is 20.5 Å². The van der Waals surface area contributed by atoms with Crippen LogP contribution in [0.25, 0.3) is 11.6 Å². The van der Waals surface area contributed by atoms with Gasteiger partial charge in [-0.1, -0.05) is 18.2 Å². The summed E-state index contributed by atoms with van der Waals surface area (Å²) in [6, 6.07) is 15.4. The maximum Gasteiger partial charge on any atom is 0.232 e. The zero-order valence-electron chi connectivity index (χ0n) is 17.3. The van der Waals surface area contributed by atoms with Gasteiger partial charge in [0.2, 0.25) is 11.9 Å². The van der Waals surface area contributed by atoms with E-state index in [1.54, 1.807) is 6.08 Å². The molecule has 0 fully saturated rings. The molecule has 2 aromatic carbocycles. The molecule has 156 valence electrons. The molecule has 1 unspecified atom stereocenters. The van der Waals surface area contributed by atoms with Crippen LogP contribution in [0.4, 0.5) is 17.6 Å². The molecule has 0 amide bonds. The molecule has 3 N–H and O–H groups in total. The fourth-order valence-electron chi connectivity index (χ4n) is 3.37. The summed E-state index contributed by atoms with van der Waals surface area (Å²) in [5.74, 6) is 1.91. The van der Waals surface area contributed by atoms with Crippen LogP contribution in [0.5, 0.6) is 11.5 Å². The molecule has 0 bridgehead atoms. The summed E-state index contributed by atoms with van der Waals surface area (Å²) in [5, 5.41) is 12.9. The molecule has 1 aliphatic rings. The Kier molecular flexibility index (Phi) is 5.67. The first-order valence-corrected chi connectivity index (χ1v) is 9.98. The monoisotopic (exact) mass is 414 g/mol. The van der Waals surface area contributed by atoms with Gasteiger partial charge in [-0.3, -0.25) is 0 Å². The highest BCUT2D eigenvalue weighted by atomic mass is 16.5. The van der Waals surface area contributed by atoms with Crippen molar-refractivity contribution in [3.63, 3.8) is 0 Å². The van der Waals surface area contributed by atoms with E-state index in [0.29, 0.717) is 17.9 Å². The lowest BCUT2D eigenvalue weighted by Gasteiger charge is -2.11. The van der Waals surface area contributed by atoms with E-state index in [1.165, 1.54) is 0 Å². The van der Waals surface area contributed by atoms with Gasteiger partial charge in [-0.25, -0.2) is 0 Å². The third-order valence-electron chi connectivity index (χ3n) is 4.67. The first kappa shape index (κ1) is 20.2. The molecule has 0 radical (unpaired) electrons. The van der Waals surface area contributed by atoms with Gasteiger partial charge in [0.1, 0.15) is 23.7 Å². The van der Waals surface area contributed by atoms with Crippen LogP contribution in [0.3, 0.4) is 0 Å². The van der Waals surface area contributed by atoms with Crippen molar-refractivity contribution >= 4 is 29.2 Å². The Morgan fingerprint density at radius 3 is 2.84 bits per heavy atom. The quantitative estimate of drug-likeness (QED) is 0.581. The highest BCUT2D eigenvalue weighted by molar-refractivity contribution is 5.89. The SMILES string of the molecule is CCOc1cc2c(cc1/C=C(\C#N)c1nc(N)nc(Nc3ccccc3)n1)OC(C)C2. The molecular formula is C23H22N6O2. The lowest BCUT2D eigenvalue weighted by molar-refractivity contribution is 0.254. The highest BCUT2D eigenvalue weighted by Gasteiger charge is 2.22. The summed E-state index contributed by atoms with van der Waals surface area (Å²) >= 11 is 0. The summed E-state index contributed by atoms with van der Waals surface area (Å²) in [7, 11) is 0. The van der Waals surface area contributed by atoms with E-state index in [-0.39, 0.29) is 29.4 Å². The number of benzene rings is 2. The van der Waals surface area contributed by atoms with Gasteiger partial charge in [-0.05, 0) is 44.2 Å². The molecule has 0 saturated carbocycles. The van der Waals surface area contributed by atoms with Crippen molar-refractivity contribution in [3.8, 4) is 17.6 Å². The van der Waals surface area contributed by atoms with E-state index in [1.807, 2.05) is 56.3 Å². The van der Waals surface area contributed by atoms with Crippen LogP contribution in [0.15, 0.2) is 42.5 Å². The number of ether oxygens (including phenoxy) is 2. The standard InChI is InChI=1S/C23H22N6O2/c1-3-30-19-11-15-9-14(2)31-20(15)12-16(19)10-17(13-24)21-27-22(25)29-23(28-21)26-18-7-5-4-6-8-18/h4-8,10-12,14H,3,9H2,1-2H3,(H3,25,26,27,28,29)/b17-10+. The molecular weight excluding hydrogens is 392 g/mol. The highest BCUT2D eigenvalue weighted by Crippen LogP contribution is 2.36. The lowest BCUT2D eigenvalue weighted by atomic mass is 10.0. The normalized spacial score (nSPS) is 15.0. The van der Waals surface area contributed by atoms with Crippen LogP contribution in [-0.4, -0.2) is 27.7 Å². The van der Waals surface area contributed by atoms with Crippen LogP contribution < -0.4 is 20.5 Å². The van der Waals surface area contributed by atoms with Gasteiger partial charge in [0.15, 0.2) is 5.82 Å². The molecule has 3 aromatic rings. The number of hydrogen-bond donors (Lipinski definition) is 2. The Morgan fingerprint density at radius 2 is 2.10 bits per heavy atom. The second-order valence-electron chi connectivity index (χ2n) is 7.07. The number of fused-ring (bicyclic) bond motifs is 1. The maximum atomic E-state index is 9.82. The fraction of sp³-hybridized carbons (Fsp3) is 0.217. The van der Waals surface area contributed by atoms with E-state index < -0.39 is 0 Å². The summed E-state index contributed by atoms with van der Waals surface area (Å²) in [6.45, 7) is 4.44. The number of nitrogens with one attached hydrogen (secondary N) is 1. The molecule has 0 aliphatic carbocycles. The number of allylic oxidation sites excluding steroid dienone is 1. The van der Waals surface area contributed by atoms with Crippen molar-refractivity contribution in [2.24, 2.45) is 0 Å². The van der Waals surface area contributed by atoms with Crippen LogP contribution in [0.2, 0.25) is 0 Å². The van der Waals surface area contributed by atoms with Crippen molar-refractivity contribution in [1.82, 2.24) is 15.0 Å². The number of para-hydroxylation sites is 1. The smallest absolute Gasteiger partial charge is 0.232 e. The predicted molar refractivity (Wildman–Crippen MR) is 119 cm³/mol. The summed E-state index contributed by atoms with van der Waals surface area (Å²) < 4.78 is 11.7. The molecule has 8 nitrogen and oxygen atoms in total. The number of aromatic nitrogens is 3. The summed E-state index contributed by atoms with van der Waals surface area (Å²) in [4.78, 5) is 12.7. The van der Waals surface area contributed by atoms with E-state index >= 15 is 0 Å². The molecule has 1 atom stereocenters. The molecule has 0 saturated heterocycles. The van der Waals surface area contributed by atoms with Gasteiger partial charge in [0.25, 0.3) is 0 Å². The van der Waals surface area contributed by atoms with Gasteiger partial charge in [0, 0.05) is 23.2 Å². The number of rotatable bonds is 6. The van der Waals surface area contributed by atoms with Gasteiger partial charge in [-0.15, -0.1) is 0 Å². The Balaban J connectivity index is 1.72. The van der Waals surface area contributed by atoms with Crippen LogP contribution in [0.1, 0.15) is 30.8 Å². The van der Waals surface area contributed by atoms with Crippen LogP contribution in [0, 0.1) is 11.3 Å². The molecule has 4 rings (SSSR count). The van der Waals surface area contributed by atoms with Gasteiger partial charge in [0.05, 0.1) is 12.2 Å². The summed E-state index contributed by atoms with van der Waals surface area (Å²) in [6.07, 6.45) is 2.61. The van der Waals surface area contributed by atoms with E-state index in [9.17, 15) is 5.26 Å². The zero-order valence-corrected chi connectivity index (χ0v) is 17.3. The molecule has 1 aromatic heterocycles. The Bertz CT molecular complexity index is 1170. The molecule has 31 heavy (non-hydrogen) atoms. The second-order valence-corrected chi connectivity index (χ2v) is 7.07. The number of nitrogen functional groups attached to an aromatic ring is 1. The Morgan fingerprint density at radius 1 is 1.29 bits per heavy atom. The number of hydrogen-bond acceptors (Lipinski definition) is 8. The van der Waals surface area contributed by atoms with E-state index in [0.717, 1.165) is 23.4 Å². The van der Waals surface area contributed by atoms with Crippen molar-refractivity contribution in [2.45, 2.75) is 26.4 Å². The number of nitrogens with zero attached hydrogens (tertiary/aromatic N) is 4. The third kappa shape index (κ3) is 4.56. The third-order valence-corrected chi connectivity index (χ3v) is 4.67. The van der Waals surface area contributed by atoms with Gasteiger partial charge >= 0.3 is 0 Å². The topological polar surface area (TPSA) is 119 Å². The molecule has 0 spiro atoms. The average molecular weight is 414 g/mol. The average Bonchev–Trinajstić information content (AvgIpc) is 3.11. The van der Waals surface area contributed by atoms with Crippen molar-refractivity contribution in [1.29, 1.82) is 5.26 Å². The minimum atomic E-state index is 0.0146. The Hall–Kier alpha value is -4.12. The fourth-order valence-corrected chi connectivity index (χ4v) is 3.37. The molecule has 1 aliphatic heterocycles. The number of nitrogens with two attached hydrogens (primary N) is 1. The number of anilines is 3.